The highest BCUT2D eigenvalue weighted by molar-refractivity contribution is 5.96. The van der Waals surface area contributed by atoms with Crippen LogP contribution < -0.4 is 0 Å². The molecule has 7 heteroatoms. The second kappa shape index (κ2) is 5.58. The number of nitriles is 3. The van der Waals surface area contributed by atoms with E-state index in [0.29, 0.717) is 5.56 Å². The van der Waals surface area contributed by atoms with Gasteiger partial charge in [-0.05, 0) is 19.4 Å². The van der Waals surface area contributed by atoms with E-state index < -0.39 is 40.1 Å². The Morgan fingerprint density at radius 1 is 1.23 bits per heavy atom. The minimum atomic E-state index is -2.01. The zero-order chi connectivity index (χ0) is 19.2. The van der Waals surface area contributed by atoms with E-state index in [1.54, 1.807) is 37.3 Å². The van der Waals surface area contributed by atoms with Crippen molar-refractivity contribution >= 4 is 11.9 Å². The maximum Gasteiger partial charge on any atom is 0.313 e. The summed E-state index contributed by atoms with van der Waals surface area (Å²) in [6.45, 7) is 3.20. The summed E-state index contributed by atoms with van der Waals surface area (Å²) in [6.07, 6.45) is 0. The quantitative estimate of drug-likeness (QED) is 0.834. The van der Waals surface area contributed by atoms with Crippen molar-refractivity contribution in [2.75, 3.05) is 6.61 Å². The highest BCUT2D eigenvalue weighted by Crippen LogP contribution is 2.73. The van der Waals surface area contributed by atoms with Gasteiger partial charge in [-0.3, -0.25) is 10.2 Å². The van der Waals surface area contributed by atoms with E-state index in [-0.39, 0.29) is 6.61 Å². The van der Waals surface area contributed by atoms with Gasteiger partial charge in [0.2, 0.25) is 11.3 Å². The molecule has 7 nitrogen and oxygen atoms in total. The summed E-state index contributed by atoms with van der Waals surface area (Å²) in [5.41, 5.74) is -5.00. The molecule has 1 aliphatic heterocycles. The Hall–Kier alpha value is -3.37. The molecule has 0 amide bonds. The molecular weight excluding hydrogens is 332 g/mol. The standard InChI is InChI=1S/C19H16N4O3/c1-3-25-15(24)14-13(12-7-5-4-6-8-12)19(11-22)16(23)26-17(14,2)18(19,9-20)10-21/h4-8,13-14,23H,3H2,1-2H3/t13-,14+,17-,19+/m0/s1. The molecule has 1 N–H and O–H groups in total. The predicted molar refractivity (Wildman–Crippen MR) is 88.2 cm³/mol. The number of nitrogens with zero attached hydrogens (tertiary/aromatic N) is 3. The average molecular weight is 348 g/mol. The summed E-state index contributed by atoms with van der Waals surface area (Å²) in [5.74, 6) is -3.08. The fraction of sp³-hybridized carbons (Fsp3) is 0.421. The Balaban J connectivity index is 2.39. The maximum absolute atomic E-state index is 12.8. The molecular formula is C19H16N4O3. The summed E-state index contributed by atoms with van der Waals surface area (Å²) >= 11 is 0. The van der Waals surface area contributed by atoms with Gasteiger partial charge in [0.05, 0.1) is 24.8 Å². The van der Waals surface area contributed by atoms with Crippen molar-refractivity contribution < 1.29 is 14.3 Å². The van der Waals surface area contributed by atoms with Gasteiger partial charge in [-0.1, -0.05) is 30.3 Å². The Labute approximate surface area is 150 Å². The zero-order valence-corrected chi connectivity index (χ0v) is 14.3. The van der Waals surface area contributed by atoms with Crippen LogP contribution in [0.4, 0.5) is 0 Å². The monoisotopic (exact) mass is 348 g/mol. The predicted octanol–water partition coefficient (Wildman–Crippen LogP) is 2.27. The Bertz CT molecular complexity index is 893. The van der Waals surface area contributed by atoms with Gasteiger partial charge in [0.25, 0.3) is 0 Å². The number of hydrogen-bond acceptors (Lipinski definition) is 7. The fourth-order valence-electron chi connectivity index (χ4n) is 4.49. The molecule has 1 saturated heterocycles. The number of ether oxygens (including phenoxy) is 2. The van der Waals surface area contributed by atoms with Gasteiger partial charge in [-0.2, -0.15) is 15.8 Å². The number of rotatable bonds is 3. The van der Waals surface area contributed by atoms with Gasteiger partial charge in [0, 0.05) is 5.92 Å². The lowest BCUT2D eigenvalue weighted by atomic mass is 9.62. The number of carbonyl (C=O) groups is 1. The molecule has 2 fully saturated rings. The minimum Gasteiger partial charge on any atom is -0.470 e. The van der Waals surface area contributed by atoms with E-state index in [1.165, 1.54) is 6.92 Å². The molecule has 1 saturated carbocycles. The molecule has 26 heavy (non-hydrogen) atoms. The third-order valence-corrected chi connectivity index (χ3v) is 5.61. The smallest absolute Gasteiger partial charge is 0.313 e. The van der Waals surface area contributed by atoms with E-state index in [0.717, 1.165) is 0 Å². The van der Waals surface area contributed by atoms with Crippen LogP contribution in [-0.2, 0) is 14.3 Å². The maximum atomic E-state index is 12.8. The van der Waals surface area contributed by atoms with E-state index in [2.05, 4.69) is 0 Å². The van der Waals surface area contributed by atoms with Crippen LogP contribution in [0, 0.1) is 56.2 Å². The van der Waals surface area contributed by atoms with Gasteiger partial charge < -0.3 is 9.47 Å². The van der Waals surface area contributed by atoms with Crippen molar-refractivity contribution in [3.05, 3.63) is 35.9 Å². The van der Waals surface area contributed by atoms with Gasteiger partial charge in [-0.25, -0.2) is 0 Å². The molecule has 1 aromatic carbocycles. The van der Waals surface area contributed by atoms with Crippen LogP contribution in [0.15, 0.2) is 30.3 Å². The first-order valence-electron chi connectivity index (χ1n) is 8.13. The van der Waals surface area contributed by atoms with Gasteiger partial charge >= 0.3 is 5.97 Å². The molecule has 4 atom stereocenters. The first kappa shape index (κ1) is 17.5. The molecule has 0 spiro atoms. The third-order valence-electron chi connectivity index (χ3n) is 5.61. The number of fused-ring (bicyclic) bond motifs is 2. The van der Waals surface area contributed by atoms with E-state index >= 15 is 0 Å². The zero-order valence-electron chi connectivity index (χ0n) is 14.3. The minimum absolute atomic E-state index is 0.107. The fourth-order valence-corrected chi connectivity index (χ4v) is 4.49. The van der Waals surface area contributed by atoms with E-state index in [4.69, 9.17) is 14.9 Å². The highest BCUT2D eigenvalue weighted by Gasteiger charge is 2.87. The third kappa shape index (κ3) is 1.64. The van der Waals surface area contributed by atoms with Gasteiger partial charge in [0.15, 0.2) is 11.0 Å². The van der Waals surface area contributed by atoms with Crippen molar-refractivity contribution in [1.82, 2.24) is 0 Å². The summed E-state index contributed by atoms with van der Waals surface area (Å²) in [6, 6.07) is 14.5. The number of hydrogen-bond donors (Lipinski definition) is 1. The second-order valence-corrected chi connectivity index (χ2v) is 6.55. The van der Waals surface area contributed by atoms with Gasteiger partial charge in [-0.15, -0.1) is 0 Å². The van der Waals surface area contributed by atoms with Crippen LogP contribution in [0.1, 0.15) is 25.3 Å². The van der Waals surface area contributed by atoms with Crippen LogP contribution in [0.25, 0.3) is 0 Å². The number of benzene rings is 1. The first-order chi connectivity index (χ1) is 12.4. The lowest BCUT2D eigenvalue weighted by Gasteiger charge is -2.37. The molecule has 1 aromatic rings. The van der Waals surface area contributed by atoms with E-state index in [1.807, 2.05) is 18.2 Å². The number of nitrogens with one attached hydrogen (secondary N) is 1. The van der Waals surface area contributed by atoms with Crippen molar-refractivity contribution in [2.24, 2.45) is 16.7 Å². The SMILES string of the molecule is CCOC(=O)[C@H]1[C@H](c2ccccc2)[C@]2(C#N)C(=N)O[C@]1(C)C2(C#N)C#N. The summed E-state index contributed by atoms with van der Waals surface area (Å²) in [5, 5.41) is 38.2. The largest absolute Gasteiger partial charge is 0.470 e. The number of carbonyl (C=O) groups excluding carboxylic acids is 1. The summed E-state index contributed by atoms with van der Waals surface area (Å²) in [4.78, 5) is 12.8. The van der Waals surface area contributed by atoms with Crippen LogP contribution in [0.2, 0.25) is 0 Å². The summed E-state index contributed by atoms with van der Waals surface area (Å²) < 4.78 is 10.8. The van der Waals surface area contributed by atoms with Crippen molar-refractivity contribution in [2.45, 2.75) is 25.4 Å². The topological polar surface area (TPSA) is 131 Å². The molecule has 0 unspecified atom stereocenters. The molecule has 2 bridgehead atoms. The lowest BCUT2D eigenvalue weighted by Crippen LogP contribution is -2.48. The molecule has 130 valence electrons. The second-order valence-electron chi connectivity index (χ2n) is 6.55. The van der Waals surface area contributed by atoms with Crippen molar-refractivity contribution in [3.8, 4) is 18.2 Å². The molecule has 2 aliphatic rings. The lowest BCUT2D eigenvalue weighted by molar-refractivity contribution is -0.157. The van der Waals surface area contributed by atoms with Crippen molar-refractivity contribution in [1.29, 1.82) is 21.2 Å². The molecule has 0 aromatic heterocycles. The molecule has 1 heterocycles. The highest BCUT2D eigenvalue weighted by atomic mass is 16.5. The molecule has 1 aliphatic carbocycles. The Kier molecular flexibility index (Phi) is 3.74. The van der Waals surface area contributed by atoms with Crippen LogP contribution in [0.5, 0.6) is 0 Å². The van der Waals surface area contributed by atoms with E-state index in [9.17, 15) is 20.6 Å². The number of esters is 1. The normalized spacial score (nSPS) is 33.4. The van der Waals surface area contributed by atoms with Crippen molar-refractivity contribution in [3.63, 3.8) is 0 Å². The molecule has 0 radical (unpaired) electrons. The molecule has 3 rings (SSSR count). The summed E-state index contributed by atoms with van der Waals surface area (Å²) in [7, 11) is 0. The van der Waals surface area contributed by atoms with Gasteiger partial charge in [0.1, 0.15) is 5.92 Å². The van der Waals surface area contributed by atoms with Crippen LogP contribution >= 0.6 is 0 Å². The first-order valence-corrected chi connectivity index (χ1v) is 8.13. The Morgan fingerprint density at radius 3 is 2.35 bits per heavy atom. The average Bonchev–Trinajstić information content (AvgIpc) is 2.96. The van der Waals surface area contributed by atoms with Crippen LogP contribution in [0.3, 0.4) is 0 Å². The Morgan fingerprint density at radius 2 is 1.85 bits per heavy atom. The van der Waals surface area contributed by atoms with Crippen LogP contribution in [-0.4, -0.2) is 24.1 Å².